The molecule has 154 valence electrons. The summed E-state index contributed by atoms with van der Waals surface area (Å²) < 4.78 is 0. The molecule has 2 aliphatic heterocycles. The predicted molar refractivity (Wildman–Crippen MR) is 109 cm³/mol. The van der Waals surface area contributed by atoms with Gasteiger partial charge in [-0.15, -0.1) is 0 Å². The van der Waals surface area contributed by atoms with Crippen molar-refractivity contribution >= 4 is 28.6 Å². The number of hydrogen-bond donors (Lipinski definition) is 2. The van der Waals surface area contributed by atoms with Crippen LogP contribution in [0.2, 0.25) is 0 Å². The van der Waals surface area contributed by atoms with E-state index < -0.39 is 12.1 Å². The van der Waals surface area contributed by atoms with Crippen LogP contribution in [0.25, 0.3) is 10.9 Å². The number of nitrogens with one attached hydrogen (secondary N) is 2. The average molecular weight is 405 g/mol. The van der Waals surface area contributed by atoms with Gasteiger partial charge in [-0.05, 0) is 37.8 Å². The van der Waals surface area contributed by atoms with E-state index in [1.165, 1.54) is 4.90 Å². The van der Waals surface area contributed by atoms with Crippen LogP contribution < -0.4 is 10.6 Å². The first-order valence-electron chi connectivity index (χ1n) is 10.2. The van der Waals surface area contributed by atoms with Gasteiger partial charge in [0.1, 0.15) is 17.8 Å². The maximum atomic E-state index is 13.0. The molecule has 0 radical (unpaired) electrons. The van der Waals surface area contributed by atoms with Gasteiger partial charge in [-0.2, -0.15) is 5.26 Å². The monoisotopic (exact) mass is 405 g/mol. The number of para-hydroxylation sites is 1. The summed E-state index contributed by atoms with van der Waals surface area (Å²) in [4.78, 5) is 43.6. The van der Waals surface area contributed by atoms with Gasteiger partial charge in [-0.25, -0.2) is 4.98 Å². The van der Waals surface area contributed by atoms with Gasteiger partial charge < -0.3 is 15.5 Å². The van der Waals surface area contributed by atoms with Gasteiger partial charge in [0.15, 0.2) is 0 Å². The molecule has 0 saturated carbocycles. The van der Waals surface area contributed by atoms with Crippen LogP contribution in [0.1, 0.15) is 36.2 Å². The first kappa shape index (κ1) is 19.8. The molecule has 0 spiro atoms. The number of nitriles is 1. The van der Waals surface area contributed by atoms with Gasteiger partial charge >= 0.3 is 0 Å². The van der Waals surface area contributed by atoms with Crippen LogP contribution in [0.4, 0.5) is 0 Å². The van der Waals surface area contributed by atoms with Gasteiger partial charge in [0.05, 0.1) is 11.6 Å². The predicted octanol–water partition coefficient (Wildman–Crippen LogP) is 1.37. The number of fused-ring (bicyclic) bond motifs is 1. The maximum absolute atomic E-state index is 13.0. The lowest BCUT2D eigenvalue weighted by Gasteiger charge is -2.25. The zero-order valence-electron chi connectivity index (χ0n) is 16.5. The van der Waals surface area contributed by atoms with Crippen molar-refractivity contribution in [2.24, 2.45) is 5.92 Å². The third-order valence-corrected chi connectivity index (χ3v) is 5.79. The molecule has 0 unspecified atom stereocenters. The molecule has 3 amide bonds. The van der Waals surface area contributed by atoms with Crippen molar-refractivity contribution in [3.63, 3.8) is 0 Å². The summed E-state index contributed by atoms with van der Waals surface area (Å²) in [6.45, 7) is 1.06. The second-order valence-electron chi connectivity index (χ2n) is 7.75. The number of amides is 3. The van der Waals surface area contributed by atoms with Crippen molar-refractivity contribution in [1.29, 1.82) is 5.26 Å². The highest BCUT2D eigenvalue weighted by Crippen LogP contribution is 2.22. The van der Waals surface area contributed by atoms with Crippen LogP contribution in [-0.4, -0.2) is 52.8 Å². The SMILES string of the molecule is N#C[C@H](C[C@@H]1CCNC1=O)NC(=O)[C@@H]1CCCN1C(=O)c1ccc2ccccc2n1. The minimum atomic E-state index is -0.761. The van der Waals surface area contributed by atoms with Crippen LogP contribution in [-0.2, 0) is 9.59 Å². The number of pyridine rings is 1. The number of rotatable bonds is 5. The number of benzene rings is 1. The zero-order chi connectivity index (χ0) is 21.1. The number of carbonyl (C=O) groups excluding carboxylic acids is 3. The first-order valence-corrected chi connectivity index (χ1v) is 10.2. The van der Waals surface area contributed by atoms with Gasteiger partial charge in [0.25, 0.3) is 5.91 Å². The third kappa shape index (κ3) is 3.96. The van der Waals surface area contributed by atoms with Crippen molar-refractivity contribution in [2.75, 3.05) is 13.1 Å². The molecule has 30 heavy (non-hydrogen) atoms. The Labute approximate surface area is 174 Å². The van der Waals surface area contributed by atoms with E-state index in [2.05, 4.69) is 21.7 Å². The molecule has 2 saturated heterocycles. The Morgan fingerprint density at radius 3 is 2.87 bits per heavy atom. The molecule has 8 heteroatoms. The fraction of sp³-hybridized carbons (Fsp3) is 0.409. The molecular formula is C22H23N5O3. The molecule has 2 fully saturated rings. The van der Waals surface area contributed by atoms with Crippen LogP contribution in [0.15, 0.2) is 36.4 Å². The van der Waals surface area contributed by atoms with Gasteiger partial charge in [0.2, 0.25) is 11.8 Å². The molecule has 2 N–H and O–H groups in total. The summed E-state index contributed by atoms with van der Waals surface area (Å²) in [5.74, 6) is -0.990. The lowest BCUT2D eigenvalue weighted by atomic mass is 9.99. The minimum Gasteiger partial charge on any atom is -0.356 e. The smallest absolute Gasteiger partial charge is 0.273 e. The fourth-order valence-electron chi connectivity index (χ4n) is 4.18. The van der Waals surface area contributed by atoms with Crippen LogP contribution in [0.3, 0.4) is 0 Å². The number of nitrogens with zero attached hydrogens (tertiary/aromatic N) is 3. The lowest BCUT2D eigenvalue weighted by molar-refractivity contribution is -0.126. The molecule has 4 rings (SSSR count). The van der Waals surface area contributed by atoms with E-state index in [1.807, 2.05) is 30.3 Å². The zero-order valence-corrected chi connectivity index (χ0v) is 16.5. The van der Waals surface area contributed by atoms with Crippen LogP contribution >= 0.6 is 0 Å². The van der Waals surface area contributed by atoms with Gasteiger partial charge in [0, 0.05) is 24.4 Å². The molecule has 1 aromatic heterocycles. The van der Waals surface area contributed by atoms with Crippen molar-refractivity contribution in [1.82, 2.24) is 20.5 Å². The number of carbonyl (C=O) groups is 3. The Morgan fingerprint density at radius 1 is 1.27 bits per heavy atom. The second kappa shape index (κ2) is 8.49. The molecule has 2 aromatic rings. The minimum absolute atomic E-state index is 0.0791. The molecule has 8 nitrogen and oxygen atoms in total. The number of hydrogen-bond acceptors (Lipinski definition) is 5. The van der Waals surface area contributed by atoms with Crippen molar-refractivity contribution in [2.45, 2.75) is 37.8 Å². The Morgan fingerprint density at radius 2 is 2.10 bits per heavy atom. The van der Waals surface area contributed by atoms with Gasteiger partial charge in [-0.3, -0.25) is 14.4 Å². The topological polar surface area (TPSA) is 115 Å². The van der Waals surface area contributed by atoms with E-state index in [9.17, 15) is 19.6 Å². The number of likely N-dealkylation sites (tertiary alicyclic amines) is 1. The van der Waals surface area contributed by atoms with Gasteiger partial charge in [-0.1, -0.05) is 24.3 Å². The highest BCUT2D eigenvalue weighted by atomic mass is 16.2. The summed E-state index contributed by atoms with van der Waals surface area (Å²) in [5.41, 5.74) is 1.02. The summed E-state index contributed by atoms with van der Waals surface area (Å²) in [5, 5.41) is 15.8. The molecule has 3 heterocycles. The first-order chi connectivity index (χ1) is 14.6. The average Bonchev–Trinajstić information content (AvgIpc) is 3.41. The lowest BCUT2D eigenvalue weighted by Crippen LogP contribution is -2.49. The normalized spacial score (nSPS) is 21.8. The summed E-state index contributed by atoms with van der Waals surface area (Å²) >= 11 is 0. The van der Waals surface area contributed by atoms with Crippen molar-refractivity contribution in [3.05, 3.63) is 42.1 Å². The molecule has 0 aliphatic carbocycles. The van der Waals surface area contributed by atoms with E-state index in [-0.39, 0.29) is 30.1 Å². The fourth-order valence-corrected chi connectivity index (χ4v) is 4.18. The quantitative estimate of drug-likeness (QED) is 0.780. The second-order valence-corrected chi connectivity index (χ2v) is 7.75. The Bertz CT molecular complexity index is 1030. The van der Waals surface area contributed by atoms with Crippen LogP contribution in [0.5, 0.6) is 0 Å². The van der Waals surface area contributed by atoms with Crippen molar-refractivity contribution in [3.8, 4) is 6.07 Å². The molecule has 0 bridgehead atoms. The largest absolute Gasteiger partial charge is 0.356 e. The Kier molecular flexibility index (Phi) is 5.61. The van der Waals surface area contributed by atoms with Crippen molar-refractivity contribution < 1.29 is 14.4 Å². The maximum Gasteiger partial charge on any atom is 0.273 e. The Balaban J connectivity index is 1.45. The molecular weight excluding hydrogens is 382 g/mol. The van der Waals surface area contributed by atoms with E-state index in [0.29, 0.717) is 38.0 Å². The molecule has 3 atom stereocenters. The van der Waals surface area contributed by atoms with Crippen LogP contribution in [0, 0.1) is 17.2 Å². The molecule has 1 aromatic carbocycles. The Hall–Kier alpha value is -3.47. The standard InChI is InChI=1S/C22H23N5O3/c23-13-16(12-15-9-10-24-20(15)28)25-21(29)19-6-3-11-27(19)22(30)18-8-7-14-4-1-2-5-17(14)26-18/h1-2,4-5,7-8,15-16,19H,3,6,9-12H2,(H,24,28)(H,25,29)/t15-,16-,19-/m0/s1. The highest BCUT2D eigenvalue weighted by molar-refractivity contribution is 5.98. The summed E-state index contributed by atoms with van der Waals surface area (Å²) in [6, 6.07) is 11.7. The summed E-state index contributed by atoms with van der Waals surface area (Å²) in [7, 11) is 0. The van der Waals surface area contributed by atoms with E-state index >= 15 is 0 Å². The summed E-state index contributed by atoms with van der Waals surface area (Å²) in [6.07, 6.45) is 2.18. The molecule has 2 aliphatic rings. The number of aromatic nitrogens is 1. The van der Waals surface area contributed by atoms with E-state index in [4.69, 9.17) is 0 Å². The third-order valence-electron chi connectivity index (χ3n) is 5.79. The van der Waals surface area contributed by atoms with E-state index in [0.717, 1.165) is 10.9 Å². The highest BCUT2D eigenvalue weighted by Gasteiger charge is 2.36. The van der Waals surface area contributed by atoms with E-state index in [1.54, 1.807) is 6.07 Å².